The number of hydrogen-bond donors (Lipinski definition) is 1. The summed E-state index contributed by atoms with van der Waals surface area (Å²) in [5.74, 6) is 1.30. The molecule has 3 aromatic rings. The third kappa shape index (κ3) is 4.02. The van der Waals surface area contributed by atoms with Crippen molar-refractivity contribution in [2.75, 3.05) is 5.32 Å². The van der Waals surface area contributed by atoms with Crippen LogP contribution < -0.4 is 10.1 Å². The maximum Gasteiger partial charge on any atom is 0.228 e. The quantitative estimate of drug-likeness (QED) is 0.721. The van der Waals surface area contributed by atoms with Gasteiger partial charge >= 0.3 is 0 Å². The highest BCUT2D eigenvalue weighted by Gasteiger charge is 2.10. The van der Waals surface area contributed by atoms with E-state index in [0.717, 1.165) is 16.9 Å². The molecule has 0 bridgehead atoms. The molecule has 0 aromatic heterocycles. The van der Waals surface area contributed by atoms with Gasteiger partial charge in [-0.15, -0.1) is 0 Å². The van der Waals surface area contributed by atoms with Gasteiger partial charge in [0.05, 0.1) is 12.1 Å². The van der Waals surface area contributed by atoms with E-state index in [1.165, 1.54) is 0 Å². The van der Waals surface area contributed by atoms with Crippen molar-refractivity contribution in [1.82, 2.24) is 0 Å². The molecule has 0 saturated carbocycles. The first kappa shape index (κ1) is 15.8. The van der Waals surface area contributed by atoms with Crippen LogP contribution in [0.5, 0.6) is 11.5 Å². The lowest BCUT2D eigenvalue weighted by Gasteiger charge is -2.12. The summed E-state index contributed by atoms with van der Waals surface area (Å²) in [6.45, 7) is 2.01. The van der Waals surface area contributed by atoms with E-state index in [-0.39, 0.29) is 5.91 Å². The standard InChI is InChI=1S/C21H19NO2/c1-16-9-5-6-10-17(16)15-21(23)22-19-13-7-8-14-20(19)24-18-11-3-2-4-12-18/h2-14H,15H2,1H3,(H,22,23). The summed E-state index contributed by atoms with van der Waals surface area (Å²) in [4.78, 5) is 12.4. The average molecular weight is 317 g/mol. The molecule has 120 valence electrons. The number of carbonyl (C=O) groups is 1. The maximum absolute atomic E-state index is 12.4. The predicted molar refractivity (Wildman–Crippen MR) is 96.5 cm³/mol. The highest BCUT2D eigenvalue weighted by molar-refractivity contribution is 5.93. The highest BCUT2D eigenvalue weighted by atomic mass is 16.5. The molecule has 0 atom stereocenters. The Morgan fingerprint density at radius 2 is 1.54 bits per heavy atom. The van der Waals surface area contributed by atoms with Crippen LogP contribution in [-0.4, -0.2) is 5.91 Å². The number of hydrogen-bond acceptors (Lipinski definition) is 2. The van der Waals surface area contributed by atoms with Crippen molar-refractivity contribution in [3.05, 3.63) is 90.0 Å². The lowest BCUT2D eigenvalue weighted by Crippen LogP contribution is -2.15. The first-order chi connectivity index (χ1) is 11.7. The molecule has 0 heterocycles. The van der Waals surface area contributed by atoms with Crippen LogP contribution in [0.25, 0.3) is 0 Å². The molecule has 0 fully saturated rings. The van der Waals surface area contributed by atoms with Crippen molar-refractivity contribution in [1.29, 1.82) is 0 Å². The van der Waals surface area contributed by atoms with Crippen LogP contribution in [0.15, 0.2) is 78.9 Å². The number of carbonyl (C=O) groups excluding carboxylic acids is 1. The number of benzene rings is 3. The van der Waals surface area contributed by atoms with Gasteiger partial charge in [-0.2, -0.15) is 0 Å². The minimum Gasteiger partial charge on any atom is -0.455 e. The second kappa shape index (κ2) is 7.47. The Morgan fingerprint density at radius 1 is 0.875 bits per heavy atom. The fourth-order valence-corrected chi connectivity index (χ4v) is 2.45. The summed E-state index contributed by atoms with van der Waals surface area (Å²) in [6.07, 6.45) is 0.340. The van der Waals surface area contributed by atoms with Crippen molar-refractivity contribution in [2.24, 2.45) is 0 Å². The fourth-order valence-electron chi connectivity index (χ4n) is 2.45. The summed E-state index contributed by atoms with van der Waals surface area (Å²) in [6, 6.07) is 24.9. The van der Waals surface area contributed by atoms with Crippen LogP contribution in [-0.2, 0) is 11.2 Å². The molecule has 1 N–H and O–H groups in total. The molecular formula is C21H19NO2. The molecule has 3 rings (SSSR count). The zero-order chi connectivity index (χ0) is 16.8. The van der Waals surface area contributed by atoms with Crippen molar-refractivity contribution in [3.63, 3.8) is 0 Å². The monoisotopic (exact) mass is 317 g/mol. The zero-order valence-electron chi connectivity index (χ0n) is 13.5. The third-order valence-electron chi connectivity index (χ3n) is 3.74. The smallest absolute Gasteiger partial charge is 0.228 e. The highest BCUT2D eigenvalue weighted by Crippen LogP contribution is 2.29. The van der Waals surface area contributed by atoms with Gasteiger partial charge in [-0.25, -0.2) is 0 Å². The number of nitrogens with one attached hydrogen (secondary N) is 1. The van der Waals surface area contributed by atoms with Crippen molar-refractivity contribution in [2.45, 2.75) is 13.3 Å². The van der Waals surface area contributed by atoms with Crippen LogP contribution in [0.3, 0.4) is 0 Å². The minimum absolute atomic E-state index is 0.0617. The first-order valence-corrected chi connectivity index (χ1v) is 7.88. The Labute approximate surface area is 141 Å². The van der Waals surface area contributed by atoms with Gasteiger partial charge in [-0.1, -0.05) is 54.6 Å². The van der Waals surface area contributed by atoms with Gasteiger partial charge < -0.3 is 10.1 Å². The second-order valence-corrected chi connectivity index (χ2v) is 5.56. The number of rotatable bonds is 5. The van der Waals surface area contributed by atoms with Gasteiger partial charge in [-0.05, 0) is 42.3 Å². The van der Waals surface area contributed by atoms with E-state index >= 15 is 0 Å². The number of anilines is 1. The summed E-state index contributed by atoms with van der Waals surface area (Å²) < 4.78 is 5.87. The van der Waals surface area contributed by atoms with E-state index in [1.54, 1.807) is 0 Å². The van der Waals surface area contributed by atoms with Crippen molar-refractivity contribution < 1.29 is 9.53 Å². The molecule has 3 aromatic carbocycles. The van der Waals surface area contributed by atoms with Gasteiger partial charge in [0.2, 0.25) is 5.91 Å². The predicted octanol–water partition coefficient (Wildman–Crippen LogP) is 4.97. The molecule has 0 aliphatic heterocycles. The number of aryl methyl sites for hydroxylation is 1. The topological polar surface area (TPSA) is 38.3 Å². The second-order valence-electron chi connectivity index (χ2n) is 5.56. The molecule has 0 unspecified atom stereocenters. The lowest BCUT2D eigenvalue weighted by atomic mass is 10.1. The molecule has 0 spiro atoms. The van der Waals surface area contributed by atoms with E-state index in [2.05, 4.69) is 5.32 Å². The molecule has 3 nitrogen and oxygen atoms in total. The Balaban J connectivity index is 1.73. The molecule has 0 aliphatic rings. The van der Waals surface area contributed by atoms with Crippen LogP contribution in [0.2, 0.25) is 0 Å². The molecule has 0 saturated heterocycles. The normalized spacial score (nSPS) is 10.2. The molecule has 24 heavy (non-hydrogen) atoms. The Bertz CT molecular complexity index is 828. The first-order valence-electron chi connectivity index (χ1n) is 7.88. The van der Waals surface area contributed by atoms with Gasteiger partial charge in [0, 0.05) is 0 Å². The van der Waals surface area contributed by atoms with Crippen LogP contribution in [0.1, 0.15) is 11.1 Å². The third-order valence-corrected chi connectivity index (χ3v) is 3.74. The largest absolute Gasteiger partial charge is 0.455 e. The van der Waals surface area contributed by atoms with Crippen molar-refractivity contribution >= 4 is 11.6 Å². The van der Waals surface area contributed by atoms with E-state index in [4.69, 9.17) is 4.74 Å². The number of ether oxygens (including phenoxy) is 1. The number of para-hydroxylation sites is 3. The summed E-state index contributed by atoms with van der Waals surface area (Å²) >= 11 is 0. The molecule has 0 radical (unpaired) electrons. The maximum atomic E-state index is 12.4. The zero-order valence-corrected chi connectivity index (χ0v) is 13.5. The average Bonchev–Trinajstić information content (AvgIpc) is 2.60. The summed E-state index contributed by atoms with van der Waals surface area (Å²) in [5, 5.41) is 2.94. The fraction of sp³-hybridized carbons (Fsp3) is 0.0952. The van der Waals surface area contributed by atoms with Gasteiger partial charge in [0.15, 0.2) is 5.75 Å². The molecule has 3 heteroatoms. The van der Waals surface area contributed by atoms with Crippen LogP contribution >= 0.6 is 0 Å². The summed E-state index contributed by atoms with van der Waals surface area (Å²) in [7, 11) is 0. The van der Waals surface area contributed by atoms with E-state index in [1.807, 2.05) is 85.8 Å². The summed E-state index contributed by atoms with van der Waals surface area (Å²) in [5.41, 5.74) is 2.80. The Morgan fingerprint density at radius 3 is 2.33 bits per heavy atom. The van der Waals surface area contributed by atoms with Crippen molar-refractivity contribution in [3.8, 4) is 11.5 Å². The Hall–Kier alpha value is -3.07. The molecule has 1 amide bonds. The SMILES string of the molecule is Cc1ccccc1CC(=O)Nc1ccccc1Oc1ccccc1. The van der Waals surface area contributed by atoms with Crippen LogP contribution in [0, 0.1) is 6.92 Å². The van der Waals surface area contributed by atoms with E-state index in [9.17, 15) is 4.79 Å². The number of amides is 1. The van der Waals surface area contributed by atoms with Gasteiger partial charge in [0.25, 0.3) is 0 Å². The minimum atomic E-state index is -0.0617. The van der Waals surface area contributed by atoms with Gasteiger partial charge in [-0.3, -0.25) is 4.79 Å². The van der Waals surface area contributed by atoms with Gasteiger partial charge in [0.1, 0.15) is 5.75 Å². The lowest BCUT2D eigenvalue weighted by molar-refractivity contribution is -0.115. The van der Waals surface area contributed by atoms with Crippen LogP contribution in [0.4, 0.5) is 5.69 Å². The van der Waals surface area contributed by atoms with E-state index < -0.39 is 0 Å². The Kier molecular flexibility index (Phi) is 4.92. The van der Waals surface area contributed by atoms with E-state index in [0.29, 0.717) is 17.9 Å². The molecule has 0 aliphatic carbocycles. The molecular weight excluding hydrogens is 298 g/mol.